The topological polar surface area (TPSA) is 20.2 Å². The highest BCUT2D eigenvalue weighted by Gasteiger charge is 2.58. The smallest absolute Gasteiger partial charge is 0.0698 e. The van der Waals surface area contributed by atoms with Gasteiger partial charge in [0.1, 0.15) is 0 Å². The van der Waals surface area contributed by atoms with Crippen LogP contribution in [0.15, 0.2) is 0 Å². The van der Waals surface area contributed by atoms with Gasteiger partial charge in [0.25, 0.3) is 0 Å². The second-order valence-corrected chi connectivity index (χ2v) is 7.50. The van der Waals surface area contributed by atoms with Gasteiger partial charge in [-0.2, -0.15) is 0 Å². The molecule has 4 aliphatic rings. The molecule has 0 saturated heterocycles. The highest BCUT2D eigenvalue weighted by atomic mass is 16.3. The quantitative estimate of drug-likeness (QED) is 0.756. The Bertz CT molecular complexity index is 255. The molecule has 4 rings (SSSR count). The first-order valence-electron chi connectivity index (χ1n) is 7.15. The molecule has 4 bridgehead atoms. The van der Waals surface area contributed by atoms with Gasteiger partial charge in [0.2, 0.25) is 0 Å². The van der Waals surface area contributed by atoms with E-state index in [0.717, 1.165) is 17.8 Å². The molecule has 0 spiro atoms. The standard InChI is InChI=1S/C15H26O/c1-10(2)14(3,16)15-7-11-4-12(8-15)6-13(5-11)9-15/h10-13,16H,4-9H2,1-3H3. The van der Waals surface area contributed by atoms with Gasteiger partial charge >= 0.3 is 0 Å². The molecule has 0 heterocycles. The van der Waals surface area contributed by atoms with Crippen molar-refractivity contribution in [3.05, 3.63) is 0 Å². The van der Waals surface area contributed by atoms with E-state index in [9.17, 15) is 5.11 Å². The third-order valence-corrected chi connectivity index (χ3v) is 6.24. The van der Waals surface area contributed by atoms with Crippen molar-refractivity contribution in [1.29, 1.82) is 0 Å². The molecule has 0 aromatic carbocycles. The van der Waals surface area contributed by atoms with Crippen molar-refractivity contribution in [2.24, 2.45) is 29.1 Å². The minimum absolute atomic E-state index is 0.274. The first-order valence-corrected chi connectivity index (χ1v) is 7.15. The predicted octanol–water partition coefficient (Wildman–Crippen LogP) is 3.61. The summed E-state index contributed by atoms with van der Waals surface area (Å²) >= 11 is 0. The van der Waals surface area contributed by atoms with Gasteiger partial charge in [-0.1, -0.05) is 13.8 Å². The van der Waals surface area contributed by atoms with Crippen LogP contribution in [0.1, 0.15) is 59.3 Å². The van der Waals surface area contributed by atoms with Crippen LogP contribution < -0.4 is 0 Å². The lowest BCUT2D eigenvalue weighted by Crippen LogP contribution is -2.59. The van der Waals surface area contributed by atoms with Crippen LogP contribution in [0.4, 0.5) is 0 Å². The lowest BCUT2D eigenvalue weighted by molar-refractivity contribution is -0.189. The zero-order chi connectivity index (χ0) is 11.6. The van der Waals surface area contributed by atoms with Crippen LogP contribution in [0.25, 0.3) is 0 Å². The summed E-state index contributed by atoms with van der Waals surface area (Å²) in [5.74, 6) is 3.22. The minimum atomic E-state index is -0.441. The molecule has 4 fully saturated rings. The van der Waals surface area contributed by atoms with Crippen LogP contribution in [0.3, 0.4) is 0 Å². The average Bonchev–Trinajstić information content (AvgIpc) is 2.14. The van der Waals surface area contributed by atoms with E-state index in [-0.39, 0.29) is 5.41 Å². The van der Waals surface area contributed by atoms with Crippen LogP contribution >= 0.6 is 0 Å². The Kier molecular flexibility index (Phi) is 2.25. The molecule has 0 radical (unpaired) electrons. The van der Waals surface area contributed by atoms with Crippen LogP contribution in [-0.4, -0.2) is 10.7 Å². The number of aliphatic hydroxyl groups is 1. The van der Waals surface area contributed by atoms with Crippen LogP contribution in [0.5, 0.6) is 0 Å². The van der Waals surface area contributed by atoms with Gasteiger partial charge in [0.05, 0.1) is 5.60 Å². The van der Waals surface area contributed by atoms with Crippen LogP contribution in [0.2, 0.25) is 0 Å². The third-order valence-electron chi connectivity index (χ3n) is 6.24. The predicted molar refractivity (Wildman–Crippen MR) is 66.1 cm³/mol. The summed E-state index contributed by atoms with van der Waals surface area (Å²) in [6.45, 7) is 6.50. The maximum atomic E-state index is 11.0. The fraction of sp³-hybridized carbons (Fsp3) is 1.00. The van der Waals surface area contributed by atoms with Crippen molar-refractivity contribution >= 4 is 0 Å². The van der Waals surface area contributed by atoms with E-state index in [1.807, 2.05) is 0 Å². The van der Waals surface area contributed by atoms with Gasteiger partial charge in [0, 0.05) is 0 Å². The molecule has 16 heavy (non-hydrogen) atoms. The fourth-order valence-corrected chi connectivity index (χ4v) is 5.34. The number of hydrogen-bond acceptors (Lipinski definition) is 1. The molecule has 1 heteroatoms. The van der Waals surface area contributed by atoms with E-state index in [2.05, 4.69) is 20.8 Å². The normalized spacial score (nSPS) is 49.7. The summed E-state index contributed by atoms with van der Waals surface area (Å²) in [5.41, 5.74) is -0.168. The Hall–Kier alpha value is -0.0400. The van der Waals surface area contributed by atoms with Gasteiger partial charge in [-0.3, -0.25) is 0 Å². The van der Waals surface area contributed by atoms with Gasteiger partial charge in [0.15, 0.2) is 0 Å². The molecule has 0 aromatic heterocycles. The molecule has 1 N–H and O–H groups in total. The fourth-order valence-electron chi connectivity index (χ4n) is 5.34. The number of rotatable bonds is 2. The number of hydrogen-bond donors (Lipinski definition) is 1. The van der Waals surface area contributed by atoms with E-state index < -0.39 is 5.60 Å². The van der Waals surface area contributed by atoms with E-state index in [1.54, 1.807) is 0 Å². The summed E-state index contributed by atoms with van der Waals surface area (Å²) in [5, 5.41) is 11.0. The Labute approximate surface area is 99.6 Å². The maximum Gasteiger partial charge on any atom is 0.0698 e. The monoisotopic (exact) mass is 222 g/mol. The highest BCUT2D eigenvalue weighted by Crippen LogP contribution is 2.64. The molecule has 4 aliphatic carbocycles. The van der Waals surface area contributed by atoms with Gasteiger partial charge in [-0.15, -0.1) is 0 Å². The highest BCUT2D eigenvalue weighted by molar-refractivity contribution is 5.09. The van der Waals surface area contributed by atoms with Gasteiger partial charge in [-0.25, -0.2) is 0 Å². The Balaban J connectivity index is 1.94. The molecule has 1 unspecified atom stereocenters. The van der Waals surface area contributed by atoms with Crippen molar-refractivity contribution < 1.29 is 5.11 Å². The Morgan fingerprint density at radius 2 is 1.38 bits per heavy atom. The summed E-state index contributed by atoms with van der Waals surface area (Å²) in [7, 11) is 0. The molecule has 0 aliphatic heterocycles. The third kappa shape index (κ3) is 1.33. The maximum absolute atomic E-state index is 11.0. The first-order chi connectivity index (χ1) is 7.43. The molecule has 92 valence electrons. The van der Waals surface area contributed by atoms with Crippen LogP contribution in [0, 0.1) is 29.1 Å². The summed E-state index contributed by atoms with van der Waals surface area (Å²) in [6, 6.07) is 0. The second-order valence-electron chi connectivity index (χ2n) is 7.50. The van der Waals surface area contributed by atoms with Gasteiger partial charge < -0.3 is 5.11 Å². The minimum Gasteiger partial charge on any atom is -0.389 e. The SMILES string of the molecule is CC(C)C(C)(O)C12CC3CC(CC(C3)C1)C2. The summed E-state index contributed by atoms with van der Waals surface area (Å²) in [4.78, 5) is 0. The lowest BCUT2D eigenvalue weighted by atomic mass is 9.44. The molecule has 4 saturated carbocycles. The van der Waals surface area contributed by atoms with Crippen molar-refractivity contribution in [3.63, 3.8) is 0 Å². The molecule has 1 atom stereocenters. The molecular formula is C15H26O. The first kappa shape index (κ1) is 11.1. The molecule has 0 aromatic rings. The largest absolute Gasteiger partial charge is 0.389 e. The van der Waals surface area contributed by atoms with E-state index in [4.69, 9.17) is 0 Å². The van der Waals surface area contributed by atoms with Crippen molar-refractivity contribution in [2.45, 2.75) is 64.9 Å². The van der Waals surface area contributed by atoms with Gasteiger partial charge in [-0.05, 0) is 74.5 Å². The zero-order valence-electron chi connectivity index (χ0n) is 11.0. The summed E-state index contributed by atoms with van der Waals surface area (Å²) in [6.07, 6.45) is 8.33. The van der Waals surface area contributed by atoms with Crippen molar-refractivity contribution in [2.75, 3.05) is 0 Å². The zero-order valence-corrected chi connectivity index (χ0v) is 11.0. The molecule has 1 nitrogen and oxygen atoms in total. The van der Waals surface area contributed by atoms with E-state index >= 15 is 0 Å². The van der Waals surface area contributed by atoms with E-state index in [0.29, 0.717) is 5.92 Å². The van der Waals surface area contributed by atoms with Crippen LogP contribution in [-0.2, 0) is 0 Å². The Morgan fingerprint density at radius 3 is 1.69 bits per heavy atom. The lowest BCUT2D eigenvalue weighted by Gasteiger charge is -2.62. The van der Waals surface area contributed by atoms with Crippen molar-refractivity contribution in [3.8, 4) is 0 Å². The van der Waals surface area contributed by atoms with Crippen molar-refractivity contribution in [1.82, 2.24) is 0 Å². The Morgan fingerprint density at radius 1 is 1.00 bits per heavy atom. The summed E-state index contributed by atoms with van der Waals surface area (Å²) < 4.78 is 0. The molecule has 0 amide bonds. The average molecular weight is 222 g/mol. The molecular weight excluding hydrogens is 196 g/mol. The second kappa shape index (κ2) is 3.25. The van der Waals surface area contributed by atoms with E-state index in [1.165, 1.54) is 38.5 Å².